The zero-order chi connectivity index (χ0) is 16.9. The van der Waals surface area contributed by atoms with E-state index in [4.69, 9.17) is 5.73 Å². The largest absolute Gasteiger partial charge is 0.573 e. The number of nitrogens with one attached hydrogen (secondary N) is 2. The van der Waals surface area contributed by atoms with Gasteiger partial charge in [-0.15, -0.1) is 13.2 Å². The summed E-state index contributed by atoms with van der Waals surface area (Å²) in [4.78, 5) is 12.0. The molecule has 1 atom stereocenters. The van der Waals surface area contributed by atoms with Crippen LogP contribution in [0.4, 0.5) is 23.7 Å². The second-order valence-electron chi connectivity index (χ2n) is 5.56. The Balaban J connectivity index is 1.86. The maximum Gasteiger partial charge on any atom is 0.573 e. The van der Waals surface area contributed by atoms with Crippen LogP contribution in [0.15, 0.2) is 24.3 Å². The van der Waals surface area contributed by atoms with Gasteiger partial charge in [0.25, 0.3) is 0 Å². The second kappa shape index (κ2) is 7.54. The summed E-state index contributed by atoms with van der Waals surface area (Å²) in [6.45, 7) is 0.358. The van der Waals surface area contributed by atoms with E-state index in [1.165, 1.54) is 12.1 Å². The first-order chi connectivity index (χ1) is 10.9. The molecule has 8 heteroatoms. The predicted octanol–water partition coefficient (Wildman–Crippen LogP) is 3.22. The van der Waals surface area contributed by atoms with Gasteiger partial charge in [-0.3, -0.25) is 0 Å². The van der Waals surface area contributed by atoms with Gasteiger partial charge in [0.05, 0.1) is 0 Å². The summed E-state index contributed by atoms with van der Waals surface area (Å²) < 4.78 is 40.0. The van der Waals surface area contributed by atoms with Crippen molar-refractivity contribution in [2.45, 2.75) is 38.1 Å². The second-order valence-corrected chi connectivity index (χ2v) is 5.56. The van der Waals surface area contributed by atoms with Crippen molar-refractivity contribution in [3.8, 4) is 5.75 Å². The molecule has 0 aromatic heterocycles. The maximum absolute atomic E-state index is 12.1. The van der Waals surface area contributed by atoms with Crippen LogP contribution in [-0.4, -0.2) is 25.0 Å². The highest BCUT2D eigenvalue weighted by molar-refractivity contribution is 5.89. The predicted molar refractivity (Wildman–Crippen MR) is 80.1 cm³/mol. The first-order valence-corrected chi connectivity index (χ1v) is 7.51. The SMILES string of the molecule is NCC(NC(=O)Nc1ccc(OC(F)(F)F)cc1)C1CCCC1. The van der Waals surface area contributed by atoms with E-state index in [1.807, 2.05) is 0 Å². The van der Waals surface area contributed by atoms with Gasteiger partial charge in [0.1, 0.15) is 5.75 Å². The van der Waals surface area contributed by atoms with Crippen LogP contribution in [0.25, 0.3) is 0 Å². The van der Waals surface area contributed by atoms with E-state index in [1.54, 1.807) is 0 Å². The van der Waals surface area contributed by atoms with Crippen molar-refractivity contribution >= 4 is 11.7 Å². The van der Waals surface area contributed by atoms with Gasteiger partial charge in [-0.1, -0.05) is 12.8 Å². The van der Waals surface area contributed by atoms with Crippen molar-refractivity contribution in [1.29, 1.82) is 0 Å². The number of alkyl halides is 3. The van der Waals surface area contributed by atoms with Crippen LogP contribution in [0.5, 0.6) is 5.75 Å². The highest BCUT2D eigenvalue weighted by atomic mass is 19.4. The third-order valence-electron chi connectivity index (χ3n) is 3.89. The Labute approximate surface area is 132 Å². The molecule has 1 aliphatic carbocycles. The summed E-state index contributed by atoms with van der Waals surface area (Å²) >= 11 is 0. The number of halogens is 3. The van der Waals surface area contributed by atoms with Crippen molar-refractivity contribution in [2.75, 3.05) is 11.9 Å². The molecule has 0 saturated heterocycles. The van der Waals surface area contributed by atoms with Gasteiger partial charge in [0.15, 0.2) is 0 Å². The standard InChI is InChI=1S/C15H20F3N3O2/c16-15(17,18)23-12-7-5-11(6-8-12)20-14(22)21-13(9-19)10-3-1-2-4-10/h5-8,10,13H,1-4,9,19H2,(H2,20,21,22). The first kappa shape index (κ1) is 17.4. The molecule has 5 nitrogen and oxygen atoms in total. The van der Waals surface area contributed by atoms with Crippen LogP contribution >= 0.6 is 0 Å². The highest BCUT2D eigenvalue weighted by Gasteiger charge is 2.31. The fourth-order valence-corrected chi connectivity index (χ4v) is 2.80. The lowest BCUT2D eigenvalue weighted by Gasteiger charge is -2.23. The molecule has 0 heterocycles. The molecule has 0 aliphatic heterocycles. The molecular weight excluding hydrogens is 311 g/mol. The third kappa shape index (κ3) is 5.63. The molecule has 2 rings (SSSR count). The molecule has 0 radical (unpaired) electrons. The summed E-state index contributed by atoms with van der Waals surface area (Å²) in [6, 6.07) is 4.45. The number of benzene rings is 1. The molecule has 1 saturated carbocycles. The molecule has 23 heavy (non-hydrogen) atoms. The van der Waals surface area contributed by atoms with Crippen LogP contribution in [0.3, 0.4) is 0 Å². The molecule has 2 amide bonds. The van der Waals surface area contributed by atoms with E-state index in [-0.39, 0.29) is 11.8 Å². The fraction of sp³-hybridized carbons (Fsp3) is 0.533. The van der Waals surface area contributed by atoms with Gasteiger partial charge in [-0.25, -0.2) is 4.79 Å². The average molecular weight is 331 g/mol. The Kier molecular flexibility index (Phi) is 5.70. The first-order valence-electron chi connectivity index (χ1n) is 7.51. The summed E-state index contributed by atoms with van der Waals surface area (Å²) in [6.07, 6.45) is -0.352. The molecule has 128 valence electrons. The molecule has 0 spiro atoms. The molecule has 1 aromatic rings. The quantitative estimate of drug-likeness (QED) is 0.775. The minimum Gasteiger partial charge on any atom is -0.406 e. The van der Waals surface area contributed by atoms with Crippen molar-refractivity contribution in [3.05, 3.63) is 24.3 Å². The highest BCUT2D eigenvalue weighted by Crippen LogP contribution is 2.27. The van der Waals surface area contributed by atoms with E-state index in [0.29, 0.717) is 18.2 Å². The number of urea groups is 1. The number of carbonyl (C=O) groups is 1. The zero-order valence-corrected chi connectivity index (χ0v) is 12.5. The van der Waals surface area contributed by atoms with Crippen LogP contribution < -0.4 is 21.1 Å². The van der Waals surface area contributed by atoms with Gasteiger partial charge in [-0.2, -0.15) is 0 Å². The number of anilines is 1. The van der Waals surface area contributed by atoms with Crippen LogP contribution in [0, 0.1) is 5.92 Å². The summed E-state index contributed by atoms with van der Waals surface area (Å²) in [5, 5.41) is 5.40. The number of ether oxygens (including phenoxy) is 1. The van der Waals surface area contributed by atoms with Crippen LogP contribution in [0.2, 0.25) is 0 Å². The van der Waals surface area contributed by atoms with Crippen LogP contribution in [0.1, 0.15) is 25.7 Å². The lowest BCUT2D eigenvalue weighted by molar-refractivity contribution is -0.274. The van der Waals surface area contributed by atoms with Crippen LogP contribution in [-0.2, 0) is 0 Å². The summed E-state index contributed by atoms with van der Waals surface area (Å²) in [5.41, 5.74) is 6.08. The zero-order valence-electron chi connectivity index (χ0n) is 12.5. The molecular formula is C15H20F3N3O2. The number of carbonyl (C=O) groups excluding carboxylic acids is 1. The van der Waals surface area contributed by atoms with Crippen molar-refractivity contribution in [1.82, 2.24) is 5.32 Å². The average Bonchev–Trinajstić information content (AvgIpc) is 2.99. The topological polar surface area (TPSA) is 76.4 Å². The summed E-state index contributed by atoms with van der Waals surface area (Å²) in [5.74, 6) is 0.0440. The van der Waals surface area contributed by atoms with Crippen molar-refractivity contribution < 1.29 is 22.7 Å². The third-order valence-corrected chi connectivity index (χ3v) is 3.89. The minimum absolute atomic E-state index is 0.0923. The van der Waals surface area contributed by atoms with Crippen molar-refractivity contribution in [3.63, 3.8) is 0 Å². The Morgan fingerprint density at radius 1 is 1.26 bits per heavy atom. The number of rotatable bonds is 5. The van der Waals surface area contributed by atoms with Gasteiger partial charge >= 0.3 is 12.4 Å². The number of hydrogen-bond acceptors (Lipinski definition) is 3. The lowest BCUT2D eigenvalue weighted by atomic mass is 9.98. The van der Waals surface area contributed by atoms with E-state index < -0.39 is 12.4 Å². The minimum atomic E-state index is -4.73. The maximum atomic E-state index is 12.1. The number of hydrogen-bond donors (Lipinski definition) is 3. The van der Waals surface area contributed by atoms with Gasteiger partial charge in [0, 0.05) is 18.3 Å². The molecule has 1 unspecified atom stereocenters. The smallest absolute Gasteiger partial charge is 0.406 e. The van der Waals surface area contributed by atoms with Crippen molar-refractivity contribution in [2.24, 2.45) is 11.7 Å². The molecule has 1 fully saturated rings. The fourth-order valence-electron chi connectivity index (χ4n) is 2.80. The molecule has 1 aliphatic rings. The van der Waals surface area contributed by atoms with Gasteiger partial charge < -0.3 is 21.1 Å². The Bertz CT molecular complexity index is 514. The molecule has 1 aromatic carbocycles. The van der Waals surface area contributed by atoms with E-state index >= 15 is 0 Å². The normalized spacial score (nSPS) is 16.9. The van der Waals surface area contributed by atoms with E-state index in [0.717, 1.165) is 37.8 Å². The molecule has 0 bridgehead atoms. The monoisotopic (exact) mass is 331 g/mol. The Morgan fingerprint density at radius 3 is 2.39 bits per heavy atom. The summed E-state index contributed by atoms with van der Waals surface area (Å²) in [7, 11) is 0. The van der Waals surface area contributed by atoms with E-state index in [2.05, 4.69) is 15.4 Å². The van der Waals surface area contributed by atoms with E-state index in [9.17, 15) is 18.0 Å². The Hall–Kier alpha value is -1.96. The Morgan fingerprint density at radius 2 is 1.87 bits per heavy atom. The number of amides is 2. The van der Waals surface area contributed by atoms with Gasteiger partial charge in [-0.05, 0) is 43.0 Å². The lowest BCUT2D eigenvalue weighted by Crippen LogP contribution is -2.46. The molecule has 4 N–H and O–H groups in total. The number of nitrogens with two attached hydrogens (primary N) is 1. The van der Waals surface area contributed by atoms with Gasteiger partial charge in [0.2, 0.25) is 0 Å².